The molecule has 1 rings (SSSR count). The molecule has 0 amide bonds. The van der Waals surface area contributed by atoms with Crippen LogP contribution in [0.2, 0.25) is 0 Å². The Balaban J connectivity index is 1.91. The molecule has 0 radical (unpaired) electrons. The van der Waals surface area contributed by atoms with Gasteiger partial charge >= 0.3 is 0 Å². The third kappa shape index (κ3) is 10.8. The van der Waals surface area contributed by atoms with Gasteiger partial charge in [0.1, 0.15) is 0 Å². The van der Waals surface area contributed by atoms with Crippen molar-refractivity contribution in [3.05, 3.63) is 35.4 Å². The fraction of sp³-hybridized carbons (Fsp3) is 0.652. The number of ketones is 1. The van der Waals surface area contributed by atoms with Gasteiger partial charge in [-0.05, 0) is 18.6 Å². The van der Waals surface area contributed by atoms with E-state index < -0.39 is 0 Å². The predicted molar refractivity (Wildman–Crippen MR) is 106 cm³/mol. The van der Waals surface area contributed by atoms with Gasteiger partial charge in [-0.3, -0.25) is 4.79 Å². The first kappa shape index (κ1) is 21.4. The van der Waals surface area contributed by atoms with Crippen LogP contribution in [0.25, 0.3) is 0 Å². The molecule has 0 fully saturated rings. The Morgan fingerprint density at radius 1 is 0.760 bits per heavy atom. The van der Waals surface area contributed by atoms with Crippen molar-refractivity contribution in [2.45, 2.75) is 96.8 Å². The molecule has 0 bridgehead atoms. The third-order valence-corrected chi connectivity index (χ3v) is 4.84. The average Bonchev–Trinajstić information content (AvgIpc) is 2.65. The Hall–Kier alpha value is -1.62. The van der Waals surface area contributed by atoms with Gasteiger partial charge in [0.15, 0.2) is 5.78 Å². The van der Waals surface area contributed by atoms with E-state index in [1.807, 2.05) is 0 Å². The number of carbonyl (C=O) groups excluding carboxylic acids is 1. The summed E-state index contributed by atoms with van der Waals surface area (Å²) in [6, 6.07) is 9.05. The summed E-state index contributed by atoms with van der Waals surface area (Å²) in [5.41, 5.74) is 1.34. The second-order valence-corrected chi connectivity index (χ2v) is 7.10. The van der Waals surface area contributed by atoms with Crippen LogP contribution >= 0.6 is 0 Å². The molecule has 0 aromatic heterocycles. The minimum atomic E-state index is 0.201. The largest absolute Gasteiger partial charge is 0.294 e. The maximum absolute atomic E-state index is 12.1. The van der Waals surface area contributed by atoms with Crippen molar-refractivity contribution in [1.82, 2.24) is 0 Å². The van der Waals surface area contributed by atoms with Crippen LogP contribution in [0.4, 0.5) is 0 Å². The van der Waals surface area contributed by atoms with Gasteiger partial charge in [0, 0.05) is 12.0 Å². The topological polar surface area (TPSA) is 40.9 Å². The molecule has 2 heteroatoms. The zero-order valence-corrected chi connectivity index (χ0v) is 16.1. The molecule has 0 atom stereocenters. The maximum atomic E-state index is 12.1. The summed E-state index contributed by atoms with van der Waals surface area (Å²) in [5.74, 6) is 0.201. The molecule has 0 aliphatic heterocycles. The molecule has 0 spiro atoms. The van der Waals surface area contributed by atoms with E-state index in [4.69, 9.17) is 5.26 Å². The van der Waals surface area contributed by atoms with E-state index in [-0.39, 0.29) is 5.78 Å². The zero-order chi connectivity index (χ0) is 18.2. The molecule has 25 heavy (non-hydrogen) atoms. The fourth-order valence-electron chi connectivity index (χ4n) is 3.18. The maximum Gasteiger partial charge on any atom is 0.162 e. The van der Waals surface area contributed by atoms with Gasteiger partial charge in [0.25, 0.3) is 0 Å². The van der Waals surface area contributed by atoms with Crippen LogP contribution in [0.5, 0.6) is 0 Å². The Morgan fingerprint density at radius 3 is 1.64 bits per heavy atom. The quantitative estimate of drug-likeness (QED) is 0.249. The summed E-state index contributed by atoms with van der Waals surface area (Å²) in [7, 11) is 0. The van der Waals surface area contributed by atoms with E-state index in [0.717, 1.165) is 18.4 Å². The fourth-order valence-corrected chi connectivity index (χ4v) is 3.18. The molecular formula is C23H35NO. The number of unbranched alkanes of at least 4 members (excludes halogenated alkanes) is 12. The smallest absolute Gasteiger partial charge is 0.162 e. The van der Waals surface area contributed by atoms with Crippen molar-refractivity contribution in [3.63, 3.8) is 0 Å². The summed E-state index contributed by atoms with van der Waals surface area (Å²) in [6.45, 7) is 2.27. The van der Waals surface area contributed by atoms with Crippen LogP contribution < -0.4 is 0 Å². The number of hydrogen-bond acceptors (Lipinski definition) is 2. The van der Waals surface area contributed by atoms with E-state index in [9.17, 15) is 4.79 Å². The SMILES string of the molecule is CCCCCCCCCCCCCCCC(=O)c1ccc(C#N)cc1. The molecule has 2 nitrogen and oxygen atoms in total. The van der Waals surface area contributed by atoms with Crippen molar-refractivity contribution in [2.24, 2.45) is 0 Å². The number of nitrogens with zero attached hydrogens (tertiary/aromatic N) is 1. The summed E-state index contributed by atoms with van der Waals surface area (Å²) in [5, 5.41) is 8.77. The Kier molecular flexibility index (Phi) is 12.6. The standard InChI is InChI=1S/C23H35NO/c1-2-3-4-5-6-7-8-9-10-11-12-13-14-15-23(25)22-18-16-21(20-24)17-19-22/h16-19H,2-15H2,1H3. The highest BCUT2D eigenvalue weighted by atomic mass is 16.1. The van der Waals surface area contributed by atoms with Crippen LogP contribution in [-0.4, -0.2) is 5.78 Å². The molecule has 1 aromatic rings. The molecule has 1 aromatic carbocycles. The first-order valence-electron chi connectivity index (χ1n) is 10.3. The highest BCUT2D eigenvalue weighted by Gasteiger charge is 2.05. The Bertz CT molecular complexity index is 498. The van der Waals surface area contributed by atoms with Crippen molar-refractivity contribution < 1.29 is 4.79 Å². The third-order valence-electron chi connectivity index (χ3n) is 4.84. The molecule has 138 valence electrons. The number of benzene rings is 1. The zero-order valence-electron chi connectivity index (χ0n) is 16.1. The summed E-state index contributed by atoms with van der Waals surface area (Å²) >= 11 is 0. The Morgan fingerprint density at radius 2 is 1.20 bits per heavy atom. The highest BCUT2D eigenvalue weighted by Crippen LogP contribution is 2.14. The molecular weight excluding hydrogens is 306 g/mol. The lowest BCUT2D eigenvalue weighted by Gasteiger charge is -2.03. The number of Topliss-reactive ketones (excluding diaryl/α,β-unsaturated/α-hetero) is 1. The van der Waals surface area contributed by atoms with E-state index in [1.165, 1.54) is 70.6 Å². The lowest BCUT2D eigenvalue weighted by atomic mass is 10.0. The van der Waals surface area contributed by atoms with Crippen molar-refractivity contribution in [1.29, 1.82) is 5.26 Å². The lowest BCUT2D eigenvalue weighted by Crippen LogP contribution is -1.98. The van der Waals surface area contributed by atoms with Gasteiger partial charge in [-0.25, -0.2) is 0 Å². The first-order valence-corrected chi connectivity index (χ1v) is 10.3. The molecule has 0 saturated heterocycles. The number of carbonyl (C=O) groups is 1. The van der Waals surface area contributed by atoms with E-state index in [1.54, 1.807) is 24.3 Å². The van der Waals surface area contributed by atoms with Gasteiger partial charge in [-0.15, -0.1) is 0 Å². The minimum Gasteiger partial charge on any atom is -0.294 e. The predicted octanol–water partition coefficient (Wildman–Crippen LogP) is 7.22. The molecule has 0 unspecified atom stereocenters. The average molecular weight is 342 g/mol. The van der Waals surface area contributed by atoms with Crippen LogP contribution in [0.1, 0.15) is 113 Å². The van der Waals surface area contributed by atoms with Gasteiger partial charge in [-0.1, -0.05) is 96.1 Å². The molecule has 0 saturated carbocycles. The second kappa shape index (κ2) is 14.7. The van der Waals surface area contributed by atoms with Crippen molar-refractivity contribution in [3.8, 4) is 6.07 Å². The highest BCUT2D eigenvalue weighted by molar-refractivity contribution is 5.96. The molecule has 0 aliphatic carbocycles. The van der Waals surface area contributed by atoms with Gasteiger partial charge in [-0.2, -0.15) is 5.26 Å². The van der Waals surface area contributed by atoms with Crippen LogP contribution in [0.3, 0.4) is 0 Å². The number of rotatable bonds is 15. The van der Waals surface area contributed by atoms with Gasteiger partial charge in [0.2, 0.25) is 0 Å². The Labute approximate surface area is 154 Å². The van der Waals surface area contributed by atoms with Crippen molar-refractivity contribution in [2.75, 3.05) is 0 Å². The minimum absolute atomic E-state index is 0.201. The summed E-state index contributed by atoms with van der Waals surface area (Å²) in [6.07, 6.45) is 17.8. The summed E-state index contributed by atoms with van der Waals surface area (Å²) < 4.78 is 0. The summed E-state index contributed by atoms with van der Waals surface area (Å²) in [4.78, 5) is 12.1. The normalized spacial score (nSPS) is 10.6. The van der Waals surface area contributed by atoms with Gasteiger partial charge in [0.05, 0.1) is 11.6 Å². The van der Waals surface area contributed by atoms with Crippen LogP contribution in [0, 0.1) is 11.3 Å². The van der Waals surface area contributed by atoms with Crippen LogP contribution in [-0.2, 0) is 0 Å². The second-order valence-electron chi connectivity index (χ2n) is 7.10. The molecule has 0 heterocycles. The van der Waals surface area contributed by atoms with E-state index >= 15 is 0 Å². The van der Waals surface area contributed by atoms with Gasteiger partial charge < -0.3 is 0 Å². The lowest BCUT2D eigenvalue weighted by molar-refractivity contribution is 0.0979. The van der Waals surface area contributed by atoms with E-state index in [0.29, 0.717) is 12.0 Å². The van der Waals surface area contributed by atoms with E-state index in [2.05, 4.69) is 13.0 Å². The number of hydrogen-bond donors (Lipinski definition) is 0. The monoisotopic (exact) mass is 341 g/mol. The molecule has 0 aliphatic rings. The molecule has 0 N–H and O–H groups in total. The van der Waals surface area contributed by atoms with Crippen LogP contribution in [0.15, 0.2) is 24.3 Å². The first-order chi connectivity index (χ1) is 12.3. The number of nitriles is 1. The van der Waals surface area contributed by atoms with Crippen molar-refractivity contribution >= 4 is 5.78 Å².